The number of hydrogen-bond acceptors (Lipinski definition) is 4. The Morgan fingerprint density at radius 3 is 2.55 bits per heavy atom. The third-order valence-electron chi connectivity index (χ3n) is 2.90. The molecular formula is C13H15N5O2. The number of hydrogen-bond donors (Lipinski definition) is 3. The molecule has 0 saturated carbocycles. The fourth-order valence-electron chi connectivity index (χ4n) is 1.70. The highest BCUT2D eigenvalue weighted by atomic mass is 16.4. The zero-order valence-electron chi connectivity index (χ0n) is 10.9. The Hall–Kier alpha value is -2.83. The van der Waals surface area contributed by atoms with Crippen molar-refractivity contribution in [1.29, 1.82) is 0 Å². The van der Waals surface area contributed by atoms with Crippen molar-refractivity contribution in [3.63, 3.8) is 0 Å². The molecule has 2 aromatic rings. The number of carbonyl (C=O) groups is 1. The third kappa shape index (κ3) is 2.94. The molecule has 1 aromatic carbocycles. The first kappa shape index (κ1) is 13.6. The maximum absolute atomic E-state index is 12.0. The molecule has 0 atom stereocenters. The second-order valence-corrected chi connectivity index (χ2v) is 4.19. The zero-order valence-corrected chi connectivity index (χ0v) is 10.9. The molecule has 2 rings (SSSR count). The first-order valence-corrected chi connectivity index (χ1v) is 5.95. The summed E-state index contributed by atoms with van der Waals surface area (Å²) < 4.78 is 1.70. The number of benzene rings is 1. The minimum atomic E-state index is -0.197. The minimum absolute atomic E-state index is 0.00634. The van der Waals surface area contributed by atoms with Gasteiger partial charge in [-0.1, -0.05) is 17.3 Å². The van der Waals surface area contributed by atoms with Gasteiger partial charge >= 0.3 is 0 Å². The number of oxime groups is 1. The summed E-state index contributed by atoms with van der Waals surface area (Å²) in [5.74, 6) is -0.191. The fraction of sp³-hybridized carbons (Fsp3) is 0.154. The van der Waals surface area contributed by atoms with Crippen molar-refractivity contribution < 1.29 is 10.0 Å². The van der Waals surface area contributed by atoms with E-state index >= 15 is 0 Å². The molecule has 7 nitrogen and oxygen atoms in total. The Morgan fingerprint density at radius 2 is 2.00 bits per heavy atom. The molecule has 1 heterocycles. The van der Waals surface area contributed by atoms with Crippen LogP contribution in [0.25, 0.3) is 0 Å². The summed E-state index contributed by atoms with van der Waals surface area (Å²) in [6.07, 6.45) is 1.67. The molecule has 20 heavy (non-hydrogen) atoms. The highest BCUT2D eigenvalue weighted by Crippen LogP contribution is 2.05. The Kier molecular flexibility index (Phi) is 3.99. The molecule has 104 valence electrons. The van der Waals surface area contributed by atoms with Crippen LogP contribution < -0.4 is 11.1 Å². The van der Waals surface area contributed by atoms with Crippen LogP contribution >= 0.6 is 0 Å². The van der Waals surface area contributed by atoms with Crippen LogP contribution in [0.3, 0.4) is 0 Å². The highest BCUT2D eigenvalue weighted by Gasteiger charge is 2.07. The maximum atomic E-state index is 12.0. The number of aryl methyl sites for hydroxylation is 1. The molecule has 0 fully saturated rings. The number of amidine groups is 1. The Labute approximate surface area is 115 Å². The molecular weight excluding hydrogens is 258 g/mol. The number of amides is 1. The van der Waals surface area contributed by atoms with Crippen LogP contribution in [0.5, 0.6) is 0 Å². The van der Waals surface area contributed by atoms with Gasteiger partial charge < -0.3 is 16.3 Å². The molecule has 0 unspecified atom stereocenters. The van der Waals surface area contributed by atoms with Gasteiger partial charge in [0.2, 0.25) is 0 Å². The van der Waals surface area contributed by atoms with E-state index in [0.29, 0.717) is 17.7 Å². The summed E-state index contributed by atoms with van der Waals surface area (Å²) in [6.45, 7) is 0.400. The molecule has 0 aliphatic rings. The van der Waals surface area contributed by atoms with Gasteiger partial charge in [0.05, 0.1) is 12.2 Å². The van der Waals surface area contributed by atoms with E-state index < -0.39 is 0 Å². The summed E-state index contributed by atoms with van der Waals surface area (Å²) in [4.78, 5) is 12.0. The van der Waals surface area contributed by atoms with Gasteiger partial charge in [0.1, 0.15) is 0 Å². The second-order valence-electron chi connectivity index (χ2n) is 4.19. The first-order chi connectivity index (χ1) is 9.61. The lowest BCUT2D eigenvalue weighted by molar-refractivity contribution is 0.0950. The van der Waals surface area contributed by atoms with Gasteiger partial charge in [0.25, 0.3) is 5.91 Å². The summed E-state index contributed by atoms with van der Waals surface area (Å²) in [6, 6.07) is 8.31. The topological polar surface area (TPSA) is 106 Å². The lowest BCUT2D eigenvalue weighted by Crippen LogP contribution is -2.24. The van der Waals surface area contributed by atoms with Crippen molar-refractivity contribution in [2.24, 2.45) is 17.9 Å². The first-order valence-electron chi connectivity index (χ1n) is 5.95. The van der Waals surface area contributed by atoms with E-state index in [-0.39, 0.29) is 11.7 Å². The number of aromatic nitrogens is 2. The van der Waals surface area contributed by atoms with E-state index in [4.69, 9.17) is 10.9 Å². The molecule has 0 aliphatic carbocycles. The highest BCUT2D eigenvalue weighted by molar-refractivity contribution is 5.99. The number of nitrogens with one attached hydrogen (secondary N) is 1. The molecule has 7 heteroatoms. The van der Waals surface area contributed by atoms with Crippen molar-refractivity contribution in [2.45, 2.75) is 6.54 Å². The van der Waals surface area contributed by atoms with Crippen LogP contribution in [0.2, 0.25) is 0 Å². The van der Waals surface area contributed by atoms with Crippen molar-refractivity contribution in [3.05, 3.63) is 53.3 Å². The number of carbonyl (C=O) groups excluding carboxylic acids is 1. The lowest BCUT2D eigenvalue weighted by atomic mass is 10.1. The third-order valence-corrected chi connectivity index (χ3v) is 2.90. The molecule has 0 aliphatic heterocycles. The average Bonchev–Trinajstić information content (AvgIpc) is 2.89. The van der Waals surface area contributed by atoms with Gasteiger partial charge in [0, 0.05) is 24.4 Å². The van der Waals surface area contributed by atoms with E-state index in [0.717, 1.165) is 5.69 Å². The van der Waals surface area contributed by atoms with Gasteiger partial charge in [0.15, 0.2) is 5.84 Å². The summed E-state index contributed by atoms with van der Waals surface area (Å²) in [7, 11) is 1.81. The van der Waals surface area contributed by atoms with E-state index in [9.17, 15) is 4.79 Å². The van der Waals surface area contributed by atoms with Crippen molar-refractivity contribution in [3.8, 4) is 0 Å². The van der Waals surface area contributed by atoms with Gasteiger partial charge in [-0.25, -0.2) is 0 Å². The quantitative estimate of drug-likeness (QED) is 0.325. The molecule has 0 spiro atoms. The average molecular weight is 273 g/mol. The van der Waals surface area contributed by atoms with Crippen molar-refractivity contribution in [1.82, 2.24) is 15.1 Å². The second kappa shape index (κ2) is 5.87. The Morgan fingerprint density at radius 1 is 1.35 bits per heavy atom. The van der Waals surface area contributed by atoms with Crippen LogP contribution in [-0.4, -0.2) is 26.7 Å². The van der Waals surface area contributed by atoms with E-state index in [1.807, 2.05) is 13.1 Å². The van der Waals surface area contributed by atoms with Gasteiger partial charge in [-0.05, 0) is 18.2 Å². The molecule has 4 N–H and O–H groups in total. The molecule has 0 saturated heterocycles. The van der Waals surface area contributed by atoms with E-state index in [2.05, 4.69) is 15.6 Å². The number of nitrogens with two attached hydrogens (primary N) is 1. The predicted octanol–water partition coefficient (Wildman–Crippen LogP) is 0.445. The van der Waals surface area contributed by atoms with Gasteiger partial charge in [-0.3, -0.25) is 9.48 Å². The standard InChI is InChI=1S/C13H15N5O2/c1-18-11(6-7-16-18)8-15-13(19)10-4-2-9(3-5-10)12(14)17-20/h2-7,20H,8H2,1H3,(H2,14,17)(H,15,19). The van der Waals surface area contributed by atoms with Crippen LogP contribution in [0.15, 0.2) is 41.7 Å². The van der Waals surface area contributed by atoms with Crippen LogP contribution in [0.4, 0.5) is 0 Å². The summed E-state index contributed by atoms with van der Waals surface area (Å²) >= 11 is 0. The number of rotatable bonds is 4. The van der Waals surface area contributed by atoms with Gasteiger partial charge in [-0.15, -0.1) is 0 Å². The van der Waals surface area contributed by atoms with Crippen LogP contribution in [0.1, 0.15) is 21.6 Å². The summed E-state index contributed by atoms with van der Waals surface area (Å²) in [5, 5.41) is 18.3. The SMILES string of the molecule is Cn1nccc1CNC(=O)c1ccc(C(N)=NO)cc1. The van der Waals surface area contributed by atoms with Crippen molar-refractivity contribution in [2.75, 3.05) is 0 Å². The Bertz CT molecular complexity index is 630. The molecule has 1 amide bonds. The lowest BCUT2D eigenvalue weighted by Gasteiger charge is -2.06. The van der Waals surface area contributed by atoms with E-state index in [1.165, 1.54) is 0 Å². The summed E-state index contributed by atoms with van der Waals surface area (Å²) in [5.41, 5.74) is 7.41. The molecule has 0 bridgehead atoms. The fourth-order valence-corrected chi connectivity index (χ4v) is 1.70. The largest absolute Gasteiger partial charge is 0.409 e. The number of nitrogens with zero attached hydrogens (tertiary/aromatic N) is 3. The van der Waals surface area contributed by atoms with Crippen LogP contribution in [0, 0.1) is 0 Å². The smallest absolute Gasteiger partial charge is 0.251 e. The predicted molar refractivity (Wildman–Crippen MR) is 73.3 cm³/mol. The van der Waals surface area contributed by atoms with E-state index in [1.54, 1.807) is 35.1 Å². The Balaban J connectivity index is 2.01. The van der Waals surface area contributed by atoms with Gasteiger partial charge in [-0.2, -0.15) is 5.10 Å². The maximum Gasteiger partial charge on any atom is 0.251 e. The zero-order chi connectivity index (χ0) is 14.5. The molecule has 0 radical (unpaired) electrons. The minimum Gasteiger partial charge on any atom is -0.409 e. The molecule has 1 aromatic heterocycles. The van der Waals surface area contributed by atoms with Crippen LogP contribution in [-0.2, 0) is 13.6 Å². The van der Waals surface area contributed by atoms with Crippen molar-refractivity contribution >= 4 is 11.7 Å². The normalized spacial score (nSPS) is 11.3. The monoisotopic (exact) mass is 273 g/mol.